The van der Waals surface area contributed by atoms with Gasteiger partial charge in [-0.05, 0) is 30.1 Å². The maximum absolute atomic E-state index is 11.8. The Hall–Kier alpha value is -4.03. The molecule has 0 saturated carbocycles. The Morgan fingerprint density at radius 3 is 2.64 bits per heavy atom. The molecule has 1 aromatic carbocycles. The second-order valence-corrected chi connectivity index (χ2v) is 7.67. The number of primary amides is 1. The fourth-order valence-corrected chi connectivity index (χ4v) is 3.44. The molecule has 0 aliphatic heterocycles. The predicted molar refractivity (Wildman–Crippen MR) is 125 cm³/mol. The normalized spacial score (nSPS) is 10.9. The summed E-state index contributed by atoms with van der Waals surface area (Å²) >= 11 is 0. The van der Waals surface area contributed by atoms with Crippen LogP contribution in [0.4, 0.5) is 11.9 Å². The first-order valence-corrected chi connectivity index (χ1v) is 10.1. The molecule has 0 aliphatic rings. The first-order chi connectivity index (χ1) is 15.7. The molecule has 3 aromatic heterocycles. The van der Waals surface area contributed by atoms with Gasteiger partial charge in [0.25, 0.3) is 5.91 Å². The molecule has 0 saturated heterocycles. The zero-order valence-electron chi connectivity index (χ0n) is 18.4. The van der Waals surface area contributed by atoms with E-state index in [-0.39, 0.29) is 0 Å². The third kappa shape index (κ3) is 4.47. The molecule has 0 aliphatic carbocycles. The molecule has 0 fully saturated rings. The van der Waals surface area contributed by atoms with Gasteiger partial charge in [-0.3, -0.25) is 9.20 Å². The first kappa shape index (κ1) is 22.2. The summed E-state index contributed by atoms with van der Waals surface area (Å²) in [5.41, 5.74) is 8.71. The van der Waals surface area contributed by atoms with Gasteiger partial charge in [-0.15, -0.1) is 0 Å². The van der Waals surface area contributed by atoms with Gasteiger partial charge in [0.2, 0.25) is 11.9 Å². The van der Waals surface area contributed by atoms with Crippen LogP contribution < -0.4 is 21.4 Å². The summed E-state index contributed by atoms with van der Waals surface area (Å²) in [5, 5.41) is 22.0. The van der Waals surface area contributed by atoms with Gasteiger partial charge < -0.3 is 26.0 Å². The summed E-state index contributed by atoms with van der Waals surface area (Å²) in [6.45, 7) is 2.17. The molecule has 0 bridgehead atoms. The van der Waals surface area contributed by atoms with E-state index < -0.39 is 13.0 Å². The van der Waals surface area contributed by atoms with Gasteiger partial charge in [-0.25, -0.2) is 4.98 Å². The van der Waals surface area contributed by atoms with E-state index in [0.717, 1.165) is 5.56 Å². The number of fused-ring (bicyclic) bond motifs is 1. The van der Waals surface area contributed by atoms with Crippen LogP contribution in [0.25, 0.3) is 17.2 Å². The van der Waals surface area contributed by atoms with Gasteiger partial charge in [0, 0.05) is 26.8 Å². The van der Waals surface area contributed by atoms with Gasteiger partial charge in [-0.2, -0.15) is 15.0 Å². The van der Waals surface area contributed by atoms with Crippen molar-refractivity contribution in [2.45, 2.75) is 13.5 Å². The number of rotatable bonds is 7. The monoisotopic (exact) mass is 446 g/mol. The van der Waals surface area contributed by atoms with Gasteiger partial charge in [-0.1, -0.05) is 24.3 Å². The van der Waals surface area contributed by atoms with Gasteiger partial charge >= 0.3 is 7.12 Å². The standard InChI is InChI=1S/C21H23BN8O3/c1-12-16(30-9-5-8-15(17(23)31)19(30)25-12)18-26-20(28-21(27-18)29(2)3)24-11-13-6-4-7-14(10-13)22(32)33/h4-10,32-33H,11H2,1-3H3,(H2,23,31)(H,24,26,27,28). The topological polar surface area (TPSA) is 155 Å². The Morgan fingerprint density at radius 1 is 1.15 bits per heavy atom. The number of anilines is 2. The number of hydrogen-bond acceptors (Lipinski definition) is 9. The Balaban J connectivity index is 1.75. The second kappa shape index (κ2) is 8.84. The van der Waals surface area contributed by atoms with Crippen molar-refractivity contribution in [1.29, 1.82) is 0 Å². The number of carbonyl (C=O) groups is 1. The maximum atomic E-state index is 11.8. The summed E-state index contributed by atoms with van der Waals surface area (Å²) in [6, 6.07) is 10.3. The van der Waals surface area contributed by atoms with E-state index >= 15 is 0 Å². The number of nitrogens with two attached hydrogens (primary N) is 1. The molecule has 5 N–H and O–H groups in total. The minimum absolute atomic E-state index is 0.304. The van der Waals surface area contributed by atoms with Crippen LogP contribution in [0.1, 0.15) is 21.6 Å². The molecule has 11 nitrogen and oxygen atoms in total. The molecule has 0 radical (unpaired) electrons. The van der Waals surface area contributed by atoms with Crippen LogP contribution in [0.5, 0.6) is 0 Å². The summed E-state index contributed by atoms with van der Waals surface area (Å²) in [5.74, 6) is 0.572. The van der Waals surface area contributed by atoms with Crippen LogP contribution in [0.15, 0.2) is 42.6 Å². The van der Waals surface area contributed by atoms with Gasteiger partial charge in [0.05, 0.1) is 11.3 Å². The summed E-state index contributed by atoms with van der Waals surface area (Å²) in [4.78, 5) is 31.7. The zero-order valence-corrected chi connectivity index (χ0v) is 18.4. The molecule has 12 heteroatoms. The Bertz CT molecular complexity index is 1340. The number of hydrogen-bond donors (Lipinski definition) is 4. The third-order valence-corrected chi connectivity index (χ3v) is 5.03. The molecule has 0 spiro atoms. The molecular weight excluding hydrogens is 423 g/mol. The lowest BCUT2D eigenvalue weighted by Gasteiger charge is -2.14. The molecule has 33 heavy (non-hydrogen) atoms. The van der Waals surface area contributed by atoms with E-state index in [9.17, 15) is 14.8 Å². The largest absolute Gasteiger partial charge is 0.488 e. The SMILES string of the molecule is Cc1nc2c(C(N)=O)cccn2c1-c1nc(NCc2cccc(B(O)O)c2)nc(N(C)C)n1. The van der Waals surface area contributed by atoms with Crippen LogP contribution in [0.3, 0.4) is 0 Å². The number of nitrogens with zero attached hydrogens (tertiary/aromatic N) is 6. The number of amides is 1. The number of nitrogens with one attached hydrogen (secondary N) is 1. The third-order valence-electron chi connectivity index (χ3n) is 5.03. The highest BCUT2D eigenvalue weighted by Crippen LogP contribution is 2.25. The van der Waals surface area contributed by atoms with Crippen molar-refractivity contribution in [2.75, 3.05) is 24.3 Å². The van der Waals surface area contributed by atoms with Gasteiger partial charge in [0.15, 0.2) is 5.82 Å². The Labute approximate surface area is 190 Å². The minimum Gasteiger partial charge on any atom is -0.423 e. The van der Waals surface area contributed by atoms with Crippen molar-refractivity contribution in [1.82, 2.24) is 24.3 Å². The van der Waals surface area contributed by atoms with Crippen molar-refractivity contribution >= 4 is 36.0 Å². The average molecular weight is 446 g/mol. The highest BCUT2D eigenvalue weighted by molar-refractivity contribution is 6.58. The van der Waals surface area contributed by atoms with Crippen LogP contribution in [0, 0.1) is 6.92 Å². The lowest BCUT2D eigenvalue weighted by molar-refractivity contribution is 0.100. The number of aryl methyl sites for hydroxylation is 1. The van der Waals surface area contributed by atoms with E-state index in [1.54, 1.807) is 45.8 Å². The molecule has 0 unspecified atom stereocenters. The van der Waals surface area contributed by atoms with E-state index in [1.807, 2.05) is 27.1 Å². The summed E-state index contributed by atoms with van der Waals surface area (Å²) < 4.78 is 1.74. The molecule has 4 rings (SSSR count). The average Bonchev–Trinajstić information content (AvgIpc) is 3.13. The van der Waals surface area contributed by atoms with Crippen molar-refractivity contribution in [3.63, 3.8) is 0 Å². The number of benzene rings is 1. The van der Waals surface area contributed by atoms with Crippen molar-refractivity contribution in [3.8, 4) is 11.5 Å². The number of imidazole rings is 1. The predicted octanol–water partition coefficient (Wildman–Crippen LogP) is -0.0485. The maximum Gasteiger partial charge on any atom is 0.488 e. The fraction of sp³-hybridized carbons (Fsp3) is 0.190. The van der Waals surface area contributed by atoms with Crippen LogP contribution in [-0.4, -0.2) is 61.5 Å². The quantitative estimate of drug-likeness (QED) is 0.286. The smallest absolute Gasteiger partial charge is 0.423 e. The number of carbonyl (C=O) groups excluding carboxylic acids is 1. The second-order valence-electron chi connectivity index (χ2n) is 7.67. The molecule has 1 amide bonds. The highest BCUT2D eigenvalue weighted by atomic mass is 16.4. The fourth-order valence-electron chi connectivity index (χ4n) is 3.44. The first-order valence-electron chi connectivity index (χ1n) is 10.1. The highest BCUT2D eigenvalue weighted by Gasteiger charge is 2.20. The van der Waals surface area contributed by atoms with Crippen LogP contribution in [0.2, 0.25) is 0 Å². The van der Waals surface area contributed by atoms with E-state index in [2.05, 4.69) is 25.3 Å². The molecule has 168 valence electrons. The lowest BCUT2D eigenvalue weighted by Crippen LogP contribution is -2.30. The lowest BCUT2D eigenvalue weighted by atomic mass is 9.80. The van der Waals surface area contributed by atoms with Crippen molar-refractivity contribution in [2.24, 2.45) is 5.73 Å². The van der Waals surface area contributed by atoms with Crippen molar-refractivity contribution in [3.05, 3.63) is 59.4 Å². The minimum atomic E-state index is -1.54. The number of aromatic nitrogens is 5. The van der Waals surface area contributed by atoms with Crippen LogP contribution in [-0.2, 0) is 6.54 Å². The van der Waals surface area contributed by atoms with Crippen molar-refractivity contribution < 1.29 is 14.8 Å². The number of pyridine rings is 1. The molecule has 4 aromatic rings. The summed E-state index contributed by atoms with van der Waals surface area (Å²) in [7, 11) is 2.10. The van der Waals surface area contributed by atoms with E-state index in [0.29, 0.717) is 52.3 Å². The van der Waals surface area contributed by atoms with Gasteiger partial charge in [0.1, 0.15) is 11.3 Å². The van der Waals surface area contributed by atoms with E-state index in [4.69, 9.17) is 5.73 Å². The Kier molecular flexibility index (Phi) is 5.94. The summed E-state index contributed by atoms with van der Waals surface area (Å²) in [6.07, 6.45) is 1.77. The molecule has 0 atom stereocenters. The Morgan fingerprint density at radius 2 is 1.94 bits per heavy atom. The molecular formula is C21H23BN8O3. The van der Waals surface area contributed by atoms with E-state index in [1.165, 1.54) is 0 Å². The van der Waals surface area contributed by atoms with Crippen LogP contribution >= 0.6 is 0 Å². The molecule has 3 heterocycles. The zero-order chi connectivity index (χ0) is 23.7.